The lowest BCUT2D eigenvalue weighted by atomic mass is 10.1. The largest absolute Gasteiger partial charge is 0.379 e. The smallest absolute Gasteiger partial charge is 0.0922 e. The van der Waals surface area contributed by atoms with Gasteiger partial charge in [0.1, 0.15) is 0 Å². The molecule has 2 heterocycles. The lowest BCUT2D eigenvalue weighted by Gasteiger charge is -2.33. The van der Waals surface area contributed by atoms with E-state index in [-0.39, 0.29) is 0 Å². The number of likely N-dealkylation sites (N-methyl/N-ethyl adjacent to an activating group) is 1. The summed E-state index contributed by atoms with van der Waals surface area (Å²) in [6, 6.07) is 0.376. The topological polar surface area (TPSA) is 53.2 Å². The van der Waals surface area contributed by atoms with E-state index in [2.05, 4.69) is 20.2 Å². The summed E-state index contributed by atoms with van der Waals surface area (Å²) in [6.07, 6.45) is 3.63. The quantitative estimate of drug-likeness (QED) is 0.734. The minimum atomic E-state index is 0.376. The number of hydrogen-bond donors (Lipinski definition) is 2. The molecule has 1 aliphatic heterocycles. The Kier molecular flexibility index (Phi) is 3.71. The molecule has 5 heteroatoms. The molecule has 5 nitrogen and oxygen atoms in total. The molecule has 1 fully saturated rings. The van der Waals surface area contributed by atoms with Gasteiger partial charge < -0.3 is 15.0 Å². The number of morpholine rings is 1. The average molecular weight is 210 g/mol. The summed E-state index contributed by atoms with van der Waals surface area (Å²) in [7, 11) is 1.98. The zero-order valence-corrected chi connectivity index (χ0v) is 9.07. The molecule has 2 N–H and O–H groups in total. The summed E-state index contributed by atoms with van der Waals surface area (Å²) in [5, 5.41) is 3.22. The summed E-state index contributed by atoms with van der Waals surface area (Å²) in [5.74, 6) is 0. The van der Waals surface area contributed by atoms with Crippen molar-refractivity contribution in [1.82, 2.24) is 20.2 Å². The Morgan fingerprint density at radius 3 is 3.00 bits per heavy atom. The van der Waals surface area contributed by atoms with Gasteiger partial charge in [-0.3, -0.25) is 4.90 Å². The summed E-state index contributed by atoms with van der Waals surface area (Å²) in [5.41, 5.74) is 1.17. The first-order valence-electron chi connectivity index (χ1n) is 5.36. The van der Waals surface area contributed by atoms with E-state index < -0.39 is 0 Å². The van der Waals surface area contributed by atoms with Gasteiger partial charge in [0.25, 0.3) is 0 Å². The molecule has 1 saturated heterocycles. The van der Waals surface area contributed by atoms with Crippen LogP contribution in [0.1, 0.15) is 11.7 Å². The van der Waals surface area contributed by atoms with Gasteiger partial charge in [-0.15, -0.1) is 0 Å². The molecule has 0 spiro atoms. The van der Waals surface area contributed by atoms with Gasteiger partial charge in [0, 0.05) is 25.8 Å². The van der Waals surface area contributed by atoms with Crippen molar-refractivity contribution in [3.63, 3.8) is 0 Å². The van der Waals surface area contributed by atoms with Gasteiger partial charge in [-0.05, 0) is 7.05 Å². The van der Waals surface area contributed by atoms with Crippen molar-refractivity contribution in [2.75, 3.05) is 39.9 Å². The molecule has 1 aromatic rings. The van der Waals surface area contributed by atoms with Crippen molar-refractivity contribution < 1.29 is 4.74 Å². The van der Waals surface area contributed by atoms with Crippen LogP contribution in [0.5, 0.6) is 0 Å². The van der Waals surface area contributed by atoms with E-state index in [1.165, 1.54) is 5.69 Å². The number of H-pyrrole nitrogens is 1. The Bertz CT molecular complexity index is 269. The van der Waals surface area contributed by atoms with Crippen molar-refractivity contribution in [3.05, 3.63) is 18.2 Å². The maximum absolute atomic E-state index is 5.36. The normalized spacial score (nSPS) is 20.3. The highest BCUT2D eigenvalue weighted by molar-refractivity contribution is 5.04. The lowest BCUT2D eigenvalue weighted by Crippen LogP contribution is -2.42. The predicted molar refractivity (Wildman–Crippen MR) is 57.6 cm³/mol. The van der Waals surface area contributed by atoms with Crippen molar-refractivity contribution in [2.24, 2.45) is 0 Å². The van der Waals surface area contributed by atoms with Crippen LogP contribution in [-0.4, -0.2) is 54.8 Å². The molecular formula is C10H18N4O. The number of imidazole rings is 1. The average Bonchev–Trinajstić information content (AvgIpc) is 2.80. The van der Waals surface area contributed by atoms with Gasteiger partial charge in [0.15, 0.2) is 0 Å². The lowest BCUT2D eigenvalue weighted by molar-refractivity contribution is 0.0157. The fourth-order valence-electron chi connectivity index (χ4n) is 1.97. The maximum Gasteiger partial charge on any atom is 0.0922 e. The van der Waals surface area contributed by atoms with Gasteiger partial charge >= 0.3 is 0 Å². The van der Waals surface area contributed by atoms with E-state index >= 15 is 0 Å². The Labute approximate surface area is 89.8 Å². The van der Waals surface area contributed by atoms with E-state index in [0.717, 1.165) is 32.8 Å². The highest BCUT2D eigenvalue weighted by atomic mass is 16.5. The standard InChI is InChI=1S/C10H18N4O/c1-11-7-10(9-6-12-8-13-9)14-2-4-15-5-3-14/h6,8,10-11H,2-5,7H2,1H3,(H,12,13). The minimum Gasteiger partial charge on any atom is -0.379 e. The van der Waals surface area contributed by atoms with Gasteiger partial charge in [-0.25, -0.2) is 4.98 Å². The second-order valence-electron chi connectivity index (χ2n) is 3.73. The molecule has 1 aliphatic rings. The first kappa shape index (κ1) is 10.6. The third-order valence-corrected chi connectivity index (χ3v) is 2.76. The van der Waals surface area contributed by atoms with E-state index in [0.29, 0.717) is 6.04 Å². The number of ether oxygens (including phenoxy) is 1. The fourth-order valence-corrected chi connectivity index (χ4v) is 1.97. The highest BCUT2D eigenvalue weighted by Gasteiger charge is 2.22. The summed E-state index contributed by atoms with van der Waals surface area (Å²) in [6.45, 7) is 4.57. The Morgan fingerprint density at radius 2 is 2.40 bits per heavy atom. The van der Waals surface area contributed by atoms with E-state index in [9.17, 15) is 0 Å². The molecule has 0 aliphatic carbocycles. The van der Waals surface area contributed by atoms with E-state index in [1.807, 2.05) is 13.2 Å². The number of hydrogen-bond acceptors (Lipinski definition) is 4. The third-order valence-electron chi connectivity index (χ3n) is 2.76. The summed E-state index contributed by atoms with van der Waals surface area (Å²) in [4.78, 5) is 9.69. The molecule has 84 valence electrons. The fraction of sp³-hybridized carbons (Fsp3) is 0.700. The highest BCUT2D eigenvalue weighted by Crippen LogP contribution is 2.18. The van der Waals surface area contributed by atoms with Crippen molar-refractivity contribution in [1.29, 1.82) is 0 Å². The molecule has 0 aromatic carbocycles. The Hall–Kier alpha value is -0.910. The zero-order valence-electron chi connectivity index (χ0n) is 9.07. The molecule has 0 saturated carbocycles. The first-order chi connectivity index (χ1) is 7.42. The van der Waals surface area contributed by atoms with Crippen molar-refractivity contribution in [2.45, 2.75) is 6.04 Å². The molecular weight excluding hydrogens is 192 g/mol. The number of aromatic amines is 1. The summed E-state index contributed by atoms with van der Waals surface area (Å²) < 4.78 is 5.36. The molecule has 0 radical (unpaired) electrons. The van der Waals surface area contributed by atoms with Crippen LogP contribution in [-0.2, 0) is 4.74 Å². The van der Waals surface area contributed by atoms with Crippen molar-refractivity contribution >= 4 is 0 Å². The maximum atomic E-state index is 5.36. The van der Waals surface area contributed by atoms with Crippen molar-refractivity contribution in [3.8, 4) is 0 Å². The Balaban J connectivity index is 2.04. The second-order valence-corrected chi connectivity index (χ2v) is 3.73. The molecule has 1 aromatic heterocycles. The van der Waals surface area contributed by atoms with Gasteiger partial charge in [-0.2, -0.15) is 0 Å². The summed E-state index contributed by atoms with van der Waals surface area (Å²) >= 11 is 0. The monoisotopic (exact) mass is 210 g/mol. The van der Waals surface area contributed by atoms with Crippen LogP contribution in [0.25, 0.3) is 0 Å². The molecule has 15 heavy (non-hydrogen) atoms. The van der Waals surface area contributed by atoms with Gasteiger partial charge in [-0.1, -0.05) is 0 Å². The number of nitrogens with one attached hydrogen (secondary N) is 2. The third kappa shape index (κ3) is 2.56. The molecule has 1 atom stereocenters. The van der Waals surface area contributed by atoms with Crippen LogP contribution in [0.15, 0.2) is 12.5 Å². The number of aromatic nitrogens is 2. The van der Waals surface area contributed by atoms with Gasteiger partial charge in [0.2, 0.25) is 0 Å². The molecule has 0 bridgehead atoms. The number of nitrogens with zero attached hydrogens (tertiary/aromatic N) is 2. The van der Waals surface area contributed by atoms with Gasteiger partial charge in [0.05, 0.1) is 31.3 Å². The van der Waals surface area contributed by atoms with Crippen LogP contribution in [0, 0.1) is 0 Å². The number of rotatable bonds is 4. The Morgan fingerprint density at radius 1 is 1.60 bits per heavy atom. The van der Waals surface area contributed by atoms with Crippen LogP contribution < -0.4 is 5.32 Å². The van der Waals surface area contributed by atoms with E-state index in [1.54, 1.807) is 6.33 Å². The molecule has 1 unspecified atom stereocenters. The SMILES string of the molecule is CNCC(c1cnc[nH]1)N1CCOCC1. The van der Waals surface area contributed by atoms with Crippen LogP contribution in [0.3, 0.4) is 0 Å². The van der Waals surface area contributed by atoms with Crippen LogP contribution in [0.2, 0.25) is 0 Å². The van der Waals surface area contributed by atoms with E-state index in [4.69, 9.17) is 4.74 Å². The second kappa shape index (κ2) is 5.25. The zero-order chi connectivity index (χ0) is 10.5. The predicted octanol–water partition coefficient (Wildman–Crippen LogP) is 0.00240. The van der Waals surface area contributed by atoms with Crippen LogP contribution >= 0.6 is 0 Å². The minimum absolute atomic E-state index is 0.376. The first-order valence-corrected chi connectivity index (χ1v) is 5.36. The van der Waals surface area contributed by atoms with Crippen LogP contribution in [0.4, 0.5) is 0 Å². The molecule has 0 amide bonds. The molecule has 2 rings (SSSR count).